The number of nitrogens with one attached hydrogen (secondary N) is 2. The second kappa shape index (κ2) is 9.56. The first-order valence-corrected chi connectivity index (χ1v) is 11.3. The highest BCUT2D eigenvalue weighted by molar-refractivity contribution is 7.91. The summed E-state index contributed by atoms with van der Waals surface area (Å²) in [5.74, 6) is -0.434. The Morgan fingerprint density at radius 1 is 1.00 bits per heavy atom. The van der Waals surface area contributed by atoms with Crippen molar-refractivity contribution in [1.82, 2.24) is 10.6 Å². The third kappa shape index (κ3) is 6.60. The van der Waals surface area contributed by atoms with Crippen LogP contribution < -0.4 is 10.6 Å². The Morgan fingerprint density at radius 3 is 2.21 bits per heavy atom. The van der Waals surface area contributed by atoms with E-state index >= 15 is 0 Å². The van der Waals surface area contributed by atoms with Crippen molar-refractivity contribution in [1.29, 1.82) is 0 Å². The number of ether oxygens (including phenoxy) is 1. The lowest BCUT2D eigenvalue weighted by Crippen LogP contribution is -2.51. The Labute approximate surface area is 170 Å². The van der Waals surface area contributed by atoms with E-state index in [0.29, 0.717) is 6.42 Å². The van der Waals surface area contributed by atoms with E-state index in [1.54, 1.807) is 0 Å². The Hall–Kier alpha value is -2.87. The predicted octanol–water partition coefficient (Wildman–Crippen LogP) is 1.83. The van der Waals surface area contributed by atoms with Gasteiger partial charge in [0.1, 0.15) is 12.6 Å². The molecule has 1 aliphatic heterocycles. The van der Waals surface area contributed by atoms with Crippen LogP contribution in [0.5, 0.6) is 0 Å². The van der Waals surface area contributed by atoms with E-state index in [1.165, 1.54) is 0 Å². The van der Waals surface area contributed by atoms with Crippen molar-refractivity contribution in [2.24, 2.45) is 0 Å². The predicted molar refractivity (Wildman–Crippen MR) is 109 cm³/mol. The molecule has 0 aromatic heterocycles. The molecule has 0 spiro atoms. The molecule has 0 bridgehead atoms. The van der Waals surface area contributed by atoms with E-state index in [9.17, 15) is 18.0 Å². The van der Waals surface area contributed by atoms with Gasteiger partial charge >= 0.3 is 6.09 Å². The van der Waals surface area contributed by atoms with Crippen molar-refractivity contribution in [3.8, 4) is 0 Å². The summed E-state index contributed by atoms with van der Waals surface area (Å²) in [6.45, 7) is 0.0905. The summed E-state index contributed by atoms with van der Waals surface area (Å²) < 4.78 is 28.5. The summed E-state index contributed by atoms with van der Waals surface area (Å²) in [5, 5.41) is 5.35. The van der Waals surface area contributed by atoms with E-state index in [1.807, 2.05) is 60.7 Å². The molecule has 1 fully saturated rings. The normalized spacial score (nSPS) is 18.6. The number of hydrogen-bond acceptors (Lipinski definition) is 5. The lowest BCUT2D eigenvalue weighted by atomic mass is 10.0. The minimum Gasteiger partial charge on any atom is -0.445 e. The van der Waals surface area contributed by atoms with Crippen LogP contribution in [0, 0.1) is 0 Å². The average molecular weight is 416 g/mol. The lowest BCUT2D eigenvalue weighted by molar-refractivity contribution is -0.123. The summed E-state index contributed by atoms with van der Waals surface area (Å²) in [5.41, 5.74) is 1.71. The summed E-state index contributed by atoms with van der Waals surface area (Å²) in [6, 6.07) is 17.2. The molecule has 1 saturated heterocycles. The van der Waals surface area contributed by atoms with Gasteiger partial charge in [0.25, 0.3) is 0 Å². The molecule has 2 atom stereocenters. The highest BCUT2D eigenvalue weighted by Gasteiger charge is 2.31. The SMILES string of the molecule is O=C(N[C@@H](Cc1ccccc1)C(=O)N[C@H]1CCS(=O)(=O)C1)OCc1ccccc1. The minimum absolute atomic E-state index is 0.0633. The molecule has 0 aliphatic carbocycles. The quantitative estimate of drug-likeness (QED) is 0.717. The molecule has 3 rings (SSSR count). The van der Waals surface area contributed by atoms with Crippen molar-refractivity contribution in [2.45, 2.75) is 31.5 Å². The van der Waals surface area contributed by atoms with Crippen LogP contribution in [0.1, 0.15) is 17.5 Å². The minimum atomic E-state index is -3.11. The van der Waals surface area contributed by atoms with Gasteiger partial charge in [0, 0.05) is 12.5 Å². The van der Waals surface area contributed by atoms with E-state index in [0.717, 1.165) is 11.1 Å². The average Bonchev–Trinajstić information content (AvgIpc) is 3.05. The number of rotatable bonds is 7. The zero-order valence-corrected chi connectivity index (χ0v) is 16.7. The van der Waals surface area contributed by atoms with Gasteiger partial charge in [-0.15, -0.1) is 0 Å². The van der Waals surface area contributed by atoms with Gasteiger partial charge in [-0.25, -0.2) is 13.2 Å². The molecular weight excluding hydrogens is 392 g/mol. The van der Waals surface area contributed by atoms with E-state index in [-0.39, 0.29) is 24.5 Å². The Kier molecular flexibility index (Phi) is 6.87. The zero-order valence-electron chi connectivity index (χ0n) is 15.9. The van der Waals surface area contributed by atoms with Crippen molar-refractivity contribution in [3.05, 3.63) is 71.8 Å². The molecule has 0 unspecified atom stereocenters. The second-order valence-corrected chi connectivity index (χ2v) is 9.29. The summed E-state index contributed by atoms with van der Waals surface area (Å²) in [6.07, 6.45) is -0.0547. The highest BCUT2D eigenvalue weighted by atomic mass is 32.2. The monoisotopic (exact) mass is 416 g/mol. The number of sulfone groups is 1. The standard InChI is InChI=1S/C21H24N2O5S/c24-20(22-18-11-12-29(26,27)15-18)19(13-16-7-3-1-4-8-16)23-21(25)28-14-17-9-5-2-6-10-17/h1-10,18-19H,11-15H2,(H,22,24)(H,23,25)/t18-,19-/m0/s1. The van der Waals surface area contributed by atoms with E-state index in [4.69, 9.17) is 4.74 Å². The first kappa shape index (κ1) is 20.9. The number of benzene rings is 2. The van der Waals surface area contributed by atoms with Crippen molar-refractivity contribution in [2.75, 3.05) is 11.5 Å². The van der Waals surface area contributed by atoms with E-state index in [2.05, 4.69) is 10.6 Å². The maximum Gasteiger partial charge on any atom is 0.408 e. The van der Waals surface area contributed by atoms with Gasteiger partial charge in [-0.2, -0.15) is 0 Å². The number of carbonyl (C=O) groups excluding carboxylic acids is 2. The van der Waals surface area contributed by atoms with Crippen LogP contribution in [-0.4, -0.2) is 44.0 Å². The number of carbonyl (C=O) groups is 2. The van der Waals surface area contributed by atoms with Crippen LogP contribution in [0.2, 0.25) is 0 Å². The van der Waals surface area contributed by atoms with Gasteiger partial charge in [-0.3, -0.25) is 4.79 Å². The van der Waals surface area contributed by atoms with Crippen LogP contribution in [0.3, 0.4) is 0 Å². The molecule has 8 heteroatoms. The van der Waals surface area contributed by atoms with Crippen LogP contribution in [0.15, 0.2) is 60.7 Å². The topological polar surface area (TPSA) is 102 Å². The van der Waals surface area contributed by atoms with Crippen LogP contribution in [0.4, 0.5) is 4.79 Å². The Morgan fingerprint density at radius 2 is 1.62 bits per heavy atom. The van der Waals surface area contributed by atoms with E-state index < -0.39 is 33.9 Å². The molecule has 0 radical (unpaired) electrons. The fourth-order valence-electron chi connectivity index (χ4n) is 3.18. The van der Waals surface area contributed by atoms with Crippen LogP contribution >= 0.6 is 0 Å². The molecule has 1 aliphatic rings. The maximum absolute atomic E-state index is 12.7. The molecule has 2 N–H and O–H groups in total. The lowest BCUT2D eigenvalue weighted by Gasteiger charge is -2.20. The number of alkyl carbamates (subject to hydrolysis) is 1. The fourth-order valence-corrected chi connectivity index (χ4v) is 4.85. The van der Waals surface area contributed by atoms with Gasteiger partial charge in [-0.1, -0.05) is 60.7 Å². The van der Waals surface area contributed by atoms with Crippen LogP contribution in [-0.2, 0) is 32.4 Å². The van der Waals surface area contributed by atoms with Crippen molar-refractivity contribution >= 4 is 21.8 Å². The molecule has 1 heterocycles. The summed E-state index contributed by atoms with van der Waals surface area (Å²) in [7, 11) is -3.11. The third-order valence-electron chi connectivity index (χ3n) is 4.68. The molecule has 2 amide bonds. The molecule has 0 saturated carbocycles. The molecular formula is C21H24N2O5S. The fraction of sp³-hybridized carbons (Fsp3) is 0.333. The first-order valence-electron chi connectivity index (χ1n) is 9.43. The molecule has 154 valence electrons. The van der Waals surface area contributed by atoms with Gasteiger partial charge in [0.2, 0.25) is 5.91 Å². The van der Waals surface area contributed by atoms with Gasteiger partial charge in [0.15, 0.2) is 9.84 Å². The van der Waals surface area contributed by atoms with Crippen molar-refractivity contribution < 1.29 is 22.7 Å². The molecule has 7 nitrogen and oxygen atoms in total. The number of amides is 2. The largest absolute Gasteiger partial charge is 0.445 e. The first-order chi connectivity index (χ1) is 13.9. The third-order valence-corrected chi connectivity index (χ3v) is 6.45. The van der Waals surface area contributed by atoms with Crippen molar-refractivity contribution in [3.63, 3.8) is 0 Å². The maximum atomic E-state index is 12.7. The second-order valence-electron chi connectivity index (χ2n) is 7.06. The highest BCUT2D eigenvalue weighted by Crippen LogP contribution is 2.12. The molecule has 2 aromatic rings. The summed E-state index contributed by atoms with van der Waals surface area (Å²) >= 11 is 0. The smallest absolute Gasteiger partial charge is 0.408 e. The number of hydrogen-bond donors (Lipinski definition) is 2. The molecule has 29 heavy (non-hydrogen) atoms. The van der Waals surface area contributed by atoms with Gasteiger partial charge < -0.3 is 15.4 Å². The Bertz CT molecular complexity index is 932. The molecule has 2 aromatic carbocycles. The summed E-state index contributed by atoms with van der Waals surface area (Å²) in [4.78, 5) is 25.0. The van der Waals surface area contributed by atoms with Crippen LogP contribution in [0.25, 0.3) is 0 Å². The Balaban J connectivity index is 1.62. The van der Waals surface area contributed by atoms with Gasteiger partial charge in [0.05, 0.1) is 11.5 Å². The zero-order chi connectivity index (χ0) is 20.7. The van der Waals surface area contributed by atoms with Gasteiger partial charge in [-0.05, 0) is 17.5 Å².